The minimum Gasteiger partial charge on any atom is -0.497 e. The number of carbonyl (C=O) groups excluding carboxylic acids is 1. The van der Waals surface area contributed by atoms with Crippen LogP contribution < -0.4 is 10.1 Å². The Morgan fingerprint density at radius 1 is 1.08 bits per heavy atom. The van der Waals surface area contributed by atoms with E-state index in [1.807, 2.05) is 36.1 Å². The highest BCUT2D eigenvalue weighted by molar-refractivity contribution is 5.90. The number of benzene rings is 2. The van der Waals surface area contributed by atoms with Gasteiger partial charge in [0.2, 0.25) is 0 Å². The summed E-state index contributed by atoms with van der Waals surface area (Å²) in [6, 6.07) is 16.5. The van der Waals surface area contributed by atoms with E-state index in [1.165, 1.54) is 5.56 Å². The summed E-state index contributed by atoms with van der Waals surface area (Å²) in [6.45, 7) is 7.43. The van der Waals surface area contributed by atoms with E-state index in [2.05, 4.69) is 41.4 Å². The zero-order valence-corrected chi connectivity index (χ0v) is 15.7. The van der Waals surface area contributed by atoms with Gasteiger partial charge in [-0.15, -0.1) is 0 Å². The molecule has 0 unspecified atom stereocenters. The molecular weight excluding hydrogens is 326 g/mol. The third kappa shape index (κ3) is 4.17. The van der Waals surface area contributed by atoms with E-state index >= 15 is 0 Å². The van der Waals surface area contributed by atoms with Crippen molar-refractivity contribution in [1.29, 1.82) is 0 Å². The smallest absolute Gasteiger partial charge is 0.321 e. The van der Waals surface area contributed by atoms with E-state index in [-0.39, 0.29) is 6.03 Å². The number of anilines is 1. The highest BCUT2D eigenvalue weighted by atomic mass is 16.5. The molecule has 1 atom stereocenters. The van der Waals surface area contributed by atoms with Crippen LogP contribution in [0.25, 0.3) is 0 Å². The van der Waals surface area contributed by atoms with Gasteiger partial charge < -0.3 is 15.0 Å². The first-order valence-electron chi connectivity index (χ1n) is 9.08. The van der Waals surface area contributed by atoms with Crippen molar-refractivity contribution in [3.63, 3.8) is 0 Å². The minimum absolute atomic E-state index is 0.0368. The summed E-state index contributed by atoms with van der Waals surface area (Å²) in [5.41, 5.74) is 3.14. The fourth-order valence-corrected chi connectivity index (χ4v) is 3.35. The van der Waals surface area contributed by atoms with Crippen LogP contribution in [0.1, 0.15) is 24.1 Å². The number of amides is 2. The van der Waals surface area contributed by atoms with Crippen LogP contribution in [0.5, 0.6) is 5.75 Å². The summed E-state index contributed by atoms with van der Waals surface area (Å²) in [6.07, 6.45) is 0. The molecule has 3 rings (SSSR count). The number of rotatable bonds is 4. The lowest BCUT2D eigenvalue weighted by atomic mass is 10.1. The molecule has 0 radical (unpaired) electrons. The summed E-state index contributed by atoms with van der Waals surface area (Å²) in [5, 5.41) is 3.02. The van der Waals surface area contributed by atoms with E-state index in [0.29, 0.717) is 6.04 Å². The molecular formula is C21H27N3O2. The number of aryl methyl sites for hydroxylation is 1. The normalized spacial score (nSPS) is 16.2. The van der Waals surface area contributed by atoms with Crippen LogP contribution in [0.4, 0.5) is 10.5 Å². The number of ether oxygens (including phenoxy) is 1. The monoisotopic (exact) mass is 353 g/mol. The number of nitrogens with zero attached hydrogens (tertiary/aromatic N) is 2. The summed E-state index contributed by atoms with van der Waals surface area (Å²) < 4.78 is 5.21. The van der Waals surface area contributed by atoms with Crippen LogP contribution in [0.15, 0.2) is 48.5 Å². The zero-order valence-electron chi connectivity index (χ0n) is 15.7. The fourth-order valence-electron chi connectivity index (χ4n) is 3.35. The zero-order chi connectivity index (χ0) is 18.5. The van der Waals surface area contributed by atoms with Crippen LogP contribution in [0.3, 0.4) is 0 Å². The Balaban J connectivity index is 1.55. The van der Waals surface area contributed by atoms with Gasteiger partial charge in [0.15, 0.2) is 0 Å². The van der Waals surface area contributed by atoms with Gasteiger partial charge in [-0.1, -0.05) is 30.3 Å². The Morgan fingerprint density at radius 2 is 1.77 bits per heavy atom. The lowest BCUT2D eigenvalue weighted by molar-refractivity contribution is 0.119. The number of methoxy groups -OCH3 is 1. The van der Waals surface area contributed by atoms with Crippen LogP contribution >= 0.6 is 0 Å². The Labute approximate surface area is 155 Å². The lowest BCUT2D eigenvalue weighted by Crippen LogP contribution is -2.50. The van der Waals surface area contributed by atoms with Gasteiger partial charge in [-0.3, -0.25) is 4.90 Å². The number of urea groups is 1. The molecule has 0 saturated carbocycles. The SMILES string of the molecule is COc1ccc(NC(=O)N2CCN([C@@H](C)c3ccccc3)CC2)c(C)c1. The maximum absolute atomic E-state index is 12.6. The van der Waals surface area contributed by atoms with Crippen molar-refractivity contribution in [1.82, 2.24) is 9.80 Å². The maximum atomic E-state index is 12.6. The summed E-state index contributed by atoms with van der Waals surface area (Å²) >= 11 is 0. The number of carbonyl (C=O) groups is 1. The molecule has 1 fully saturated rings. The van der Waals surface area contributed by atoms with E-state index in [1.54, 1.807) is 7.11 Å². The molecule has 5 nitrogen and oxygen atoms in total. The second-order valence-corrected chi connectivity index (χ2v) is 6.72. The van der Waals surface area contributed by atoms with Crippen molar-refractivity contribution in [2.24, 2.45) is 0 Å². The quantitative estimate of drug-likeness (QED) is 0.906. The van der Waals surface area contributed by atoms with E-state index in [9.17, 15) is 4.79 Å². The maximum Gasteiger partial charge on any atom is 0.321 e. The van der Waals surface area contributed by atoms with Crippen molar-refractivity contribution in [2.45, 2.75) is 19.9 Å². The molecule has 1 N–H and O–H groups in total. The predicted octanol–water partition coefficient (Wildman–Crippen LogP) is 3.91. The number of nitrogens with one attached hydrogen (secondary N) is 1. The Bertz CT molecular complexity index is 740. The van der Waals surface area contributed by atoms with Gasteiger partial charge in [-0.25, -0.2) is 4.79 Å². The lowest BCUT2D eigenvalue weighted by Gasteiger charge is -2.38. The second kappa shape index (κ2) is 8.23. The molecule has 5 heteroatoms. The van der Waals surface area contributed by atoms with Gasteiger partial charge in [0.05, 0.1) is 7.11 Å². The average molecular weight is 353 g/mol. The Hall–Kier alpha value is -2.53. The predicted molar refractivity (Wildman–Crippen MR) is 105 cm³/mol. The van der Waals surface area contributed by atoms with Crippen molar-refractivity contribution in [3.05, 3.63) is 59.7 Å². The Kier molecular flexibility index (Phi) is 5.78. The average Bonchev–Trinajstić information content (AvgIpc) is 2.69. The molecule has 0 bridgehead atoms. The van der Waals surface area contributed by atoms with Crippen molar-refractivity contribution < 1.29 is 9.53 Å². The van der Waals surface area contributed by atoms with Crippen molar-refractivity contribution >= 4 is 11.7 Å². The molecule has 1 saturated heterocycles. The summed E-state index contributed by atoms with van der Waals surface area (Å²) in [5.74, 6) is 0.795. The summed E-state index contributed by atoms with van der Waals surface area (Å²) in [4.78, 5) is 16.9. The first-order valence-corrected chi connectivity index (χ1v) is 9.08. The molecule has 0 aromatic heterocycles. The highest BCUT2D eigenvalue weighted by Crippen LogP contribution is 2.23. The third-order valence-electron chi connectivity index (χ3n) is 5.11. The molecule has 2 aromatic rings. The molecule has 0 aliphatic carbocycles. The second-order valence-electron chi connectivity index (χ2n) is 6.72. The molecule has 0 spiro atoms. The largest absolute Gasteiger partial charge is 0.497 e. The first-order chi connectivity index (χ1) is 12.6. The molecule has 26 heavy (non-hydrogen) atoms. The number of hydrogen-bond donors (Lipinski definition) is 1. The van der Waals surface area contributed by atoms with E-state index in [4.69, 9.17) is 4.74 Å². The molecule has 138 valence electrons. The number of hydrogen-bond acceptors (Lipinski definition) is 3. The fraction of sp³-hybridized carbons (Fsp3) is 0.381. The van der Waals surface area contributed by atoms with Gasteiger partial charge in [0, 0.05) is 37.9 Å². The minimum atomic E-state index is -0.0368. The van der Waals surface area contributed by atoms with Gasteiger partial charge in [-0.2, -0.15) is 0 Å². The van der Waals surface area contributed by atoms with Crippen molar-refractivity contribution in [2.75, 3.05) is 38.6 Å². The van der Waals surface area contributed by atoms with Crippen LogP contribution in [0.2, 0.25) is 0 Å². The standard InChI is InChI=1S/C21H27N3O2/c1-16-15-19(26-3)9-10-20(16)22-21(25)24-13-11-23(12-14-24)17(2)18-7-5-4-6-8-18/h4-10,15,17H,11-14H2,1-3H3,(H,22,25)/t17-/m0/s1. The van der Waals surface area contributed by atoms with Crippen LogP contribution in [-0.4, -0.2) is 49.1 Å². The highest BCUT2D eigenvalue weighted by Gasteiger charge is 2.24. The molecule has 1 aliphatic heterocycles. The third-order valence-corrected chi connectivity index (χ3v) is 5.11. The van der Waals surface area contributed by atoms with Gasteiger partial charge in [0.1, 0.15) is 5.75 Å². The molecule has 1 heterocycles. The Morgan fingerprint density at radius 3 is 2.38 bits per heavy atom. The molecule has 1 aliphatic rings. The van der Waals surface area contributed by atoms with Crippen molar-refractivity contribution in [3.8, 4) is 5.75 Å². The van der Waals surface area contributed by atoms with E-state index < -0.39 is 0 Å². The molecule has 2 amide bonds. The van der Waals surface area contributed by atoms with E-state index in [0.717, 1.165) is 43.2 Å². The van der Waals surface area contributed by atoms with Crippen LogP contribution in [-0.2, 0) is 0 Å². The topological polar surface area (TPSA) is 44.8 Å². The summed E-state index contributed by atoms with van der Waals surface area (Å²) in [7, 11) is 1.64. The van der Waals surface area contributed by atoms with Gasteiger partial charge in [-0.05, 0) is 43.2 Å². The van der Waals surface area contributed by atoms with Gasteiger partial charge in [0.25, 0.3) is 0 Å². The first kappa shape index (κ1) is 18.3. The number of piperazine rings is 1. The van der Waals surface area contributed by atoms with Crippen LogP contribution in [0, 0.1) is 6.92 Å². The van der Waals surface area contributed by atoms with Gasteiger partial charge >= 0.3 is 6.03 Å². The molecule has 2 aromatic carbocycles.